The highest BCUT2D eigenvalue weighted by molar-refractivity contribution is 6.05. The van der Waals surface area contributed by atoms with E-state index in [0.717, 1.165) is 94.0 Å². The quantitative estimate of drug-likeness (QED) is 0.0930. The second-order valence-electron chi connectivity index (χ2n) is 17.9. The van der Waals surface area contributed by atoms with Crippen LogP contribution >= 0.6 is 0 Å². The number of imide groups is 1. The molecule has 2 atom stereocenters. The largest absolute Gasteiger partial charge is 0.371 e. The number of hydrogen-bond acceptors (Lipinski definition) is 12. The normalized spacial score (nSPS) is 21.2. The lowest BCUT2D eigenvalue weighted by Crippen LogP contribution is -2.74. The van der Waals surface area contributed by atoms with Gasteiger partial charge in [-0.15, -0.1) is 6.58 Å². The SMILES string of the molecule is C=CCNC(=O)c1cnc(Nc2ccc(N3CC4(C3)CN(C3CCN(c5ccc6c(c5)CN(C5CCC(=O)NC5=O)C6=O)CC3)C4)cc2)nc1Nc1ccc2c(n1)C(CC)CC2.CC. The number of likely N-dealkylation sites (tertiary alicyclic amines) is 1. The number of carbonyl (C=O) groups excluding carboxylic acids is 4. The predicted molar refractivity (Wildman–Crippen MR) is 248 cm³/mol. The molecule has 4 N–H and O–H groups in total. The Bertz CT molecular complexity index is 2440. The molecule has 2 unspecified atom stereocenters. The number of amides is 4. The number of benzene rings is 2. The van der Waals surface area contributed by atoms with Gasteiger partial charge in [0.05, 0.1) is 0 Å². The van der Waals surface area contributed by atoms with Crippen molar-refractivity contribution >= 4 is 58.3 Å². The van der Waals surface area contributed by atoms with Crippen molar-refractivity contribution in [3.63, 3.8) is 0 Å². The summed E-state index contributed by atoms with van der Waals surface area (Å²) in [4.78, 5) is 73.7. The van der Waals surface area contributed by atoms with Gasteiger partial charge in [0.15, 0.2) is 0 Å². The number of fused-ring (bicyclic) bond motifs is 2. The van der Waals surface area contributed by atoms with E-state index < -0.39 is 6.04 Å². The van der Waals surface area contributed by atoms with Crippen molar-refractivity contribution in [2.24, 2.45) is 5.41 Å². The van der Waals surface area contributed by atoms with Gasteiger partial charge in [-0.25, -0.2) is 9.97 Å². The zero-order valence-electron chi connectivity index (χ0n) is 37.2. The molecular weight excluding hydrogens is 807 g/mol. The Morgan fingerprint density at radius 3 is 2.38 bits per heavy atom. The van der Waals surface area contributed by atoms with Crippen LogP contribution < -0.4 is 31.1 Å². The Morgan fingerprint density at radius 2 is 1.64 bits per heavy atom. The van der Waals surface area contributed by atoms with E-state index in [1.54, 1.807) is 11.0 Å². The lowest BCUT2D eigenvalue weighted by atomic mass is 9.71. The van der Waals surface area contributed by atoms with E-state index in [1.807, 2.05) is 44.2 Å². The first-order valence-electron chi connectivity index (χ1n) is 23.1. The van der Waals surface area contributed by atoms with Crippen LogP contribution in [0.25, 0.3) is 0 Å². The molecule has 4 fully saturated rings. The molecule has 0 bridgehead atoms. The first kappa shape index (κ1) is 42.9. The third-order valence-electron chi connectivity index (χ3n) is 13.8. The van der Waals surface area contributed by atoms with Crippen molar-refractivity contribution in [2.45, 2.75) is 90.3 Å². The first-order chi connectivity index (χ1) is 31.2. The minimum absolute atomic E-state index is 0.132. The number of pyridine rings is 1. The predicted octanol–water partition coefficient (Wildman–Crippen LogP) is 6.29. The summed E-state index contributed by atoms with van der Waals surface area (Å²) in [5.41, 5.74) is 7.85. The van der Waals surface area contributed by atoms with E-state index in [1.165, 1.54) is 17.4 Å². The molecule has 0 radical (unpaired) electrons. The average molecular weight is 866 g/mol. The van der Waals surface area contributed by atoms with E-state index in [2.05, 4.69) is 78.7 Å². The van der Waals surface area contributed by atoms with Crippen LogP contribution in [0, 0.1) is 5.41 Å². The molecule has 4 saturated heterocycles. The maximum Gasteiger partial charge on any atom is 0.256 e. The molecular formula is C49H59N11O4. The van der Waals surface area contributed by atoms with Gasteiger partial charge in [-0.3, -0.25) is 29.4 Å². The summed E-state index contributed by atoms with van der Waals surface area (Å²) in [5, 5.41) is 11.9. The van der Waals surface area contributed by atoms with Crippen LogP contribution in [0.1, 0.15) is 103 Å². The van der Waals surface area contributed by atoms with Crippen LogP contribution in [-0.2, 0) is 22.6 Å². The Kier molecular flexibility index (Phi) is 12.1. The van der Waals surface area contributed by atoms with Crippen molar-refractivity contribution in [3.8, 4) is 0 Å². The number of piperidine rings is 2. The monoisotopic (exact) mass is 865 g/mol. The van der Waals surface area contributed by atoms with Crippen LogP contribution in [0.2, 0.25) is 0 Å². The van der Waals surface area contributed by atoms with Crippen LogP contribution in [0.3, 0.4) is 0 Å². The van der Waals surface area contributed by atoms with Crippen molar-refractivity contribution in [1.29, 1.82) is 0 Å². The van der Waals surface area contributed by atoms with E-state index in [0.29, 0.717) is 65.6 Å². The van der Waals surface area contributed by atoms with Crippen molar-refractivity contribution in [2.75, 3.05) is 66.2 Å². The number of aryl methyl sites for hydroxylation is 1. The van der Waals surface area contributed by atoms with Gasteiger partial charge in [-0.05, 0) is 98.2 Å². The van der Waals surface area contributed by atoms with Crippen molar-refractivity contribution in [3.05, 3.63) is 101 Å². The number of nitrogens with one attached hydrogen (secondary N) is 4. The number of anilines is 6. The van der Waals surface area contributed by atoms with Crippen LogP contribution in [0.15, 0.2) is 73.4 Å². The first-order valence-corrected chi connectivity index (χ1v) is 23.1. The summed E-state index contributed by atoms with van der Waals surface area (Å²) in [6.45, 7) is 16.9. The van der Waals surface area contributed by atoms with E-state index in [-0.39, 0.29) is 30.0 Å². The maximum absolute atomic E-state index is 13.2. The van der Waals surface area contributed by atoms with Crippen molar-refractivity contribution in [1.82, 2.24) is 35.4 Å². The summed E-state index contributed by atoms with van der Waals surface area (Å²) >= 11 is 0. The number of hydrogen-bond donors (Lipinski definition) is 4. The van der Waals surface area contributed by atoms with E-state index in [9.17, 15) is 19.2 Å². The van der Waals surface area contributed by atoms with E-state index in [4.69, 9.17) is 9.97 Å². The van der Waals surface area contributed by atoms with Crippen LogP contribution in [-0.4, -0.2) is 106 Å². The molecule has 1 aliphatic carbocycles. The number of rotatable bonds is 12. The van der Waals surface area contributed by atoms with Crippen LogP contribution in [0.5, 0.6) is 0 Å². The summed E-state index contributed by atoms with van der Waals surface area (Å²) in [7, 11) is 0. The minimum atomic E-state index is -0.598. The lowest BCUT2D eigenvalue weighted by molar-refractivity contribution is -0.136. The number of carbonyl (C=O) groups is 4. The Morgan fingerprint density at radius 1 is 0.875 bits per heavy atom. The molecule has 334 valence electrons. The molecule has 15 nitrogen and oxygen atoms in total. The van der Waals surface area contributed by atoms with Crippen molar-refractivity contribution < 1.29 is 19.2 Å². The third-order valence-corrected chi connectivity index (χ3v) is 13.8. The van der Waals surface area contributed by atoms with E-state index >= 15 is 0 Å². The van der Waals surface area contributed by atoms with Gasteiger partial charge in [-0.2, -0.15) is 4.98 Å². The molecule has 7 heterocycles. The van der Waals surface area contributed by atoms with Gasteiger partial charge in [0, 0.05) is 111 Å². The molecule has 5 aliphatic heterocycles. The molecule has 2 aromatic carbocycles. The second kappa shape index (κ2) is 18.0. The summed E-state index contributed by atoms with van der Waals surface area (Å²) < 4.78 is 0. The van der Waals surface area contributed by atoms with Gasteiger partial charge in [-0.1, -0.05) is 32.9 Å². The molecule has 10 rings (SSSR count). The highest BCUT2D eigenvalue weighted by Gasteiger charge is 2.53. The molecule has 0 saturated carbocycles. The molecule has 4 aromatic rings. The molecule has 15 heteroatoms. The fraction of sp³-hybridized carbons (Fsp3) is 0.449. The van der Waals surface area contributed by atoms with Gasteiger partial charge >= 0.3 is 0 Å². The highest BCUT2D eigenvalue weighted by Crippen LogP contribution is 2.44. The highest BCUT2D eigenvalue weighted by atomic mass is 16.2. The Hall–Kier alpha value is -6.35. The summed E-state index contributed by atoms with van der Waals surface area (Å²) in [5.74, 6) is 0.767. The lowest BCUT2D eigenvalue weighted by Gasteiger charge is -2.63. The second-order valence-corrected chi connectivity index (χ2v) is 17.9. The fourth-order valence-corrected chi connectivity index (χ4v) is 10.4. The topological polar surface area (TPSA) is 168 Å². The summed E-state index contributed by atoms with van der Waals surface area (Å²) in [6.07, 6.45) is 9.19. The summed E-state index contributed by atoms with van der Waals surface area (Å²) in [6, 6.07) is 18.5. The molecule has 64 heavy (non-hydrogen) atoms. The maximum atomic E-state index is 13.2. The van der Waals surface area contributed by atoms with Crippen LogP contribution in [0.4, 0.5) is 34.6 Å². The molecule has 1 spiro atoms. The van der Waals surface area contributed by atoms with Gasteiger partial charge < -0.3 is 30.7 Å². The Labute approximate surface area is 375 Å². The standard InChI is InChI=1S/C47H53N11O4.C2H6/c1-3-19-48-43(60)37-23-49-46(54-42(37)52-39-15-7-30-6-5-29(4-2)41(30)51-39)50-32-8-10-33(11-9-32)56-25-47(26-56)27-57(28-47)34-17-20-55(21-18-34)35-12-13-36-31(22-35)24-58(45(36)62)38-14-16-40(59)53-44(38)61;1-2/h3,7-13,15,22-23,29,34,38H,1,4-6,14,16-21,24-28H2,2H3,(H,48,60)(H,53,59,61)(H2,49,50,51,52,54);1-2H3. The van der Waals surface area contributed by atoms with Gasteiger partial charge in [0.1, 0.15) is 23.2 Å². The van der Waals surface area contributed by atoms with Gasteiger partial charge in [0.2, 0.25) is 17.8 Å². The zero-order chi connectivity index (χ0) is 44.5. The number of nitrogens with zero attached hydrogens (tertiary/aromatic N) is 7. The average Bonchev–Trinajstić information content (AvgIpc) is 3.85. The molecule has 2 aromatic heterocycles. The molecule has 6 aliphatic rings. The zero-order valence-corrected chi connectivity index (χ0v) is 37.2. The minimum Gasteiger partial charge on any atom is -0.371 e. The fourth-order valence-electron chi connectivity index (χ4n) is 10.4. The van der Waals surface area contributed by atoms with Gasteiger partial charge in [0.25, 0.3) is 11.8 Å². The molecule has 4 amide bonds. The third kappa shape index (κ3) is 8.40. The number of aromatic nitrogens is 3. The smallest absolute Gasteiger partial charge is 0.256 e. The Balaban J connectivity index is 0.00000256.